The van der Waals surface area contributed by atoms with Crippen LogP contribution in [0.4, 0.5) is 14.9 Å². The topological polar surface area (TPSA) is 162 Å². The standard InChI is InChI=1S/C17H21FN6O6S/c1-5-14-20-22-23(21-14)11-7-12(24(28)29)13(6-9(11)18)31-8-10(15(25)26)19-16(27)30-17(2,3)4/h6-7,10H,5,8H2,1-4H3,(H,19,27)(H,25,26). The zero-order valence-electron chi connectivity index (χ0n) is 17.2. The van der Waals surface area contributed by atoms with Gasteiger partial charge in [-0.2, -0.15) is 0 Å². The fraction of sp³-hybridized carbons (Fsp3) is 0.471. The first kappa shape index (κ1) is 24.0. The van der Waals surface area contributed by atoms with Gasteiger partial charge < -0.3 is 15.2 Å². The van der Waals surface area contributed by atoms with Gasteiger partial charge in [-0.15, -0.1) is 26.8 Å². The van der Waals surface area contributed by atoms with Crippen LogP contribution in [-0.2, 0) is 16.0 Å². The summed E-state index contributed by atoms with van der Waals surface area (Å²) in [4.78, 5) is 34.8. The van der Waals surface area contributed by atoms with E-state index in [2.05, 4.69) is 20.7 Å². The summed E-state index contributed by atoms with van der Waals surface area (Å²) >= 11 is 0.701. The van der Waals surface area contributed by atoms with E-state index in [0.29, 0.717) is 24.0 Å². The summed E-state index contributed by atoms with van der Waals surface area (Å²) in [6.45, 7) is 6.60. The summed E-state index contributed by atoms with van der Waals surface area (Å²) in [5.74, 6) is -2.22. The van der Waals surface area contributed by atoms with Crippen LogP contribution < -0.4 is 5.32 Å². The lowest BCUT2D eigenvalue weighted by Crippen LogP contribution is -2.44. The molecule has 1 unspecified atom stereocenters. The predicted molar refractivity (Wildman–Crippen MR) is 107 cm³/mol. The van der Waals surface area contributed by atoms with Gasteiger partial charge in [0.2, 0.25) is 0 Å². The average Bonchev–Trinajstić information content (AvgIpc) is 3.12. The molecule has 0 saturated carbocycles. The number of benzene rings is 1. The van der Waals surface area contributed by atoms with Gasteiger partial charge >= 0.3 is 12.1 Å². The third-order valence-corrected chi connectivity index (χ3v) is 4.74. The van der Waals surface area contributed by atoms with Gasteiger partial charge in [-0.05, 0) is 32.1 Å². The van der Waals surface area contributed by atoms with Gasteiger partial charge in [-0.1, -0.05) is 6.92 Å². The smallest absolute Gasteiger partial charge is 0.408 e. The van der Waals surface area contributed by atoms with E-state index >= 15 is 0 Å². The zero-order valence-corrected chi connectivity index (χ0v) is 18.0. The van der Waals surface area contributed by atoms with E-state index in [4.69, 9.17) is 4.74 Å². The minimum atomic E-state index is -1.42. The summed E-state index contributed by atoms with van der Waals surface area (Å²) < 4.78 is 19.6. The SMILES string of the molecule is CCc1nnn(-c2cc([N+](=O)[O-])c(SCC(NC(=O)OC(C)(C)C)C(=O)O)cc2F)n1. The van der Waals surface area contributed by atoms with Gasteiger partial charge in [0, 0.05) is 18.2 Å². The van der Waals surface area contributed by atoms with Crippen molar-refractivity contribution in [1.29, 1.82) is 0 Å². The van der Waals surface area contributed by atoms with E-state index in [1.807, 2.05) is 0 Å². The molecule has 168 valence electrons. The third-order valence-electron chi connectivity index (χ3n) is 3.61. The van der Waals surface area contributed by atoms with Gasteiger partial charge in [0.1, 0.15) is 17.3 Å². The Morgan fingerprint density at radius 3 is 2.61 bits per heavy atom. The van der Waals surface area contributed by atoms with Gasteiger partial charge in [0.25, 0.3) is 5.69 Å². The molecule has 0 saturated heterocycles. The average molecular weight is 456 g/mol. The first-order chi connectivity index (χ1) is 14.4. The first-order valence-electron chi connectivity index (χ1n) is 9.03. The summed E-state index contributed by atoms with van der Waals surface area (Å²) in [5.41, 5.74) is -1.59. The first-order valence-corrected chi connectivity index (χ1v) is 10.0. The van der Waals surface area contributed by atoms with Crippen molar-refractivity contribution < 1.29 is 28.7 Å². The lowest BCUT2D eigenvalue weighted by Gasteiger charge is -2.21. The summed E-state index contributed by atoms with van der Waals surface area (Å²) in [7, 11) is 0. The maximum atomic E-state index is 14.6. The number of amides is 1. The molecule has 1 heterocycles. The van der Waals surface area contributed by atoms with E-state index in [-0.39, 0.29) is 16.3 Å². The number of nitrogens with zero attached hydrogens (tertiary/aromatic N) is 5. The Labute approximate surface area is 180 Å². The predicted octanol–water partition coefficient (Wildman–Crippen LogP) is 2.34. The summed E-state index contributed by atoms with van der Waals surface area (Å²) in [5, 5.41) is 34.3. The number of carboxylic acid groups (broad SMARTS) is 1. The molecule has 0 radical (unpaired) electrons. The molecule has 0 fully saturated rings. The van der Waals surface area contributed by atoms with Crippen LogP contribution in [-0.4, -0.2) is 59.7 Å². The Kier molecular flexibility index (Phi) is 7.49. The lowest BCUT2D eigenvalue weighted by molar-refractivity contribution is -0.387. The molecule has 2 N–H and O–H groups in total. The van der Waals surface area contributed by atoms with Crippen molar-refractivity contribution in [3.8, 4) is 5.69 Å². The highest BCUT2D eigenvalue weighted by Crippen LogP contribution is 2.33. The number of rotatable bonds is 8. The minimum Gasteiger partial charge on any atom is -0.480 e. The van der Waals surface area contributed by atoms with E-state index in [0.717, 1.165) is 16.9 Å². The number of nitro groups is 1. The van der Waals surface area contributed by atoms with E-state index in [1.165, 1.54) is 0 Å². The number of aliphatic carboxylic acids is 1. The molecule has 0 spiro atoms. The molecule has 1 aromatic heterocycles. The Balaban J connectivity index is 2.24. The van der Waals surface area contributed by atoms with Gasteiger partial charge in [-0.3, -0.25) is 10.1 Å². The highest BCUT2D eigenvalue weighted by atomic mass is 32.2. The molecular weight excluding hydrogens is 435 g/mol. The maximum absolute atomic E-state index is 14.6. The van der Waals surface area contributed by atoms with Crippen molar-refractivity contribution in [1.82, 2.24) is 25.5 Å². The molecule has 2 rings (SSSR count). The number of nitrogens with one attached hydrogen (secondary N) is 1. The Morgan fingerprint density at radius 2 is 2.10 bits per heavy atom. The van der Waals surface area contributed by atoms with E-state index in [9.17, 15) is 29.2 Å². The Hall–Kier alpha value is -3.29. The normalized spacial score (nSPS) is 12.3. The zero-order chi connectivity index (χ0) is 23.3. The number of aryl methyl sites for hydroxylation is 1. The van der Waals surface area contributed by atoms with Gasteiger partial charge in [0.15, 0.2) is 11.6 Å². The van der Waals surface area contributed by atoms with Gasteiger partial charge in [-0.25, -0.2) is 14.0 Å². The number of nitro benzene ring substituents is 1. The van der Waals surface area contributed by atoms with E-state index < -0.39 is 40.1 Å². The fourth-order valence-electron chi connectivity index (χ4n) is 2.23. The second-order valence-electron chi connectivity index (χ2n) is 7.23. The number of carbonyl (C=O) groups is 2. The van der Waals surface area contributed by atoms with Crippen LogP contribution in [0.15, 0.2) is 17.0 Å². The van der Waals surface area contributed by atoms with Crippen LogP contribution in [0, 0.1) is 15.9 Å². The van der Waals surface area contributed by atoms with Crippen LogP contribution >= 0.6 is 11.8 Å². The van der Waals surface area contributed by atoms with Crippen LogP contribution in [0.1, 0.15) is 33.5 Å². The molecule has 1 amide bonds. The van der Waals surface area contributed by atoms with Crippen molar-refractivity contribution >= 4 is 29.5 Å². The second-order valence-corrected chi connectivity index (χ2v) is 8.29. The number of hydrogen-bond acceptors (Lipinski definition) is 9. The van der Waals surface area contributed by atoms with E-state index in [1.54, 1.807) is 27.7 Å². The maximum Gasteiger partial charge on any atom is 0.408 e. The number of alkyl carbamates (subject to hydrolysis) is 1. The number of hydrogen-bond donors (Lipinski definition) is 2. The lowest BCUT2D eigenvalue weighted by atomic mass is 10.2. The number of ether oxygens (including phenoxy) is 1. The van der Waals surface area contributed by atoms with Crippen molar-refractivity contribution in [3.63, 3.8) is 0 Å². The monoisotopic (exact) mass is 456 g/mol. The molecule has 0 aliphatic heterocycles. The number of carbonyl (C=O) groups excluding carboxylic acids is 1. The largest absolute Gasteiger partial charge is 0.480 e. The number of halogens is 1. The molecule has 1 atom stereocenters. The van der Waals surface area contributed by atoms with Crippen LogP contribution in [0.25, 0.3) is 5.69 Å². The summed E-state index contributed by atoms with van der Waals surface area (Å²) in [6.07, 6.45) is -0.515. The highest BCUT2D eigenvalue weighted by Gasteiger charge is 2.27. The van der Waals surface area contributed by atoms with Crippen molar-refractivity contribution in [3.05, 3.63) is 33.9 Å². The van der Waals surface area contributed by atoms with Crippen LogP contribution in [0.5, 0.6) is 0 Å². The molecule has 31 heavy (non-hydrogen) atoms. The number of aromatic nitrogens is 4. The molecule has 0 aliphatic rings. The Morgan fingerprint density at radius 1 is 1.42 bits per heavy atom. The number of tetrazole rings is 1. The quantitative estimate of drug-likeness (QED) is 0.342. The minimum absolute atomic E-state index is 0.126. The number of thioether (sulfide) groups is 1. The van der Waals surface area contributed by atoms with Gasteiger partial charge in [0.05, 0.1) is 9.82 Å². The second kappa shape index (κ2) is 9.68. The summed E-state index contributed by atoms with van der Waals surface area (Å²) in [6, 6.07) is 0.404. The molecular formula is C17H21FN6O6S. The van der Waals surface area contributed by atoms with Crippen molar-refractivity contribution in [2.75, 3.05) is 5.75 Å². The molecule has 14 heteroatoms. The van der Waals surface area contributed by atoms with Crippen molar-refractivity contribution in [2.24, 2.45) is 0 Å². The van der Waals surface area contributed by atoms with Crippen molar-refractivity contribution in [2.45, 2.75) is 50.7 Å². The Bertz CT molecular complexity index is 992. The number of carboxylic acids is 1. The van der Waals surface area contributed by atoms with Crippen LogP contribution in [0.3, 0.4) is 0 Å². The molecule has 0 bridgehead atoms. The molecule has 12 nitrogen and oxygen atoms in total. The highest BCUT2D eigenvalue weighted by molar-refractivity contribution is 7.99. The fourth-order valence-corrected chi connectivity index (χ4v) is 3.27. The molecule has 1 aromatic carbocycles. The molecule has 2 aromatic rings. The van der Waals surface area contributed by atoms with Crippen LogP contribution in [0.2, 0.25) is 0 Å². The molecule has 0 aliphatic carbocycles. The third kappa shape index (κ3) is 6.60.